The van der Waals surface area contributed by atoms with Crippen molar-refractivity contribution in [3.8, 4) is 6.07 Å². The first kappa shape index (κ1) is 13.8. The second kappa shape index (κ2) is 5.14. The number of anilines is 2. The van der Waals surface area contributed by atoms with E-state index in [1.807, 2.05) is 0 Å². The van der Waals surface area contributed by atoms with Crippen molar-refractivity contribution in [2.24, 2.45) is 0 Å². The lowest BCUT2D eigenvalue weighted by Crippen LogP contribution is -2.14. The van der Waals surface area contributed by atoms with Crippen LogP contribution in [0.15, 0.2) is 41.6 Å². The Morgan fingerprint density at radius 2 is 2.10 bits per heavy atom. The van der Waals surface area contributed by atoms with E-state index >= 15 is 0 Å². The molecule has 0 atom stereocenters. The van der Waals surface area contributed by atoms with Crippen molar-refractivity contribution in [1.29, 1.82) is 5.26 Å². The number of halogens is 1. The lowest BCUT2D eigenvalue weighted by atomic mass is 10.2. The molecule has 3 N–H and O–H groups in total. The third-order valence-corrected chi connectivity index (χ3v) is 3.83. The van der Waals surface area contributed by atoms with Crippen molar-refractivity contribution in [1.82, 2.24) is 4.98 Å². The summed E-state index contributed by atoms with van der Waals surface area (Å²) in [5, 5.41) is 8.71. The van der Waals surface area contributed by atoms with E-state index < -0.39 is 15.8 Å². The van der Waals surface area contributed by atoms with Gasteiger partial charge < -0.3 is 5.73 Å². The first-order chi connectivity index (χ1) is 9.44. The van der Waals surface area contributed by atoms with Crippen molar-refractivity contribution >= 4 is 21.4 Å². The third-order valence-electron chi connectivity index (χ3n) is 2.46. The molecule has 102 valence electrons. The Morgan fingerprint density at radius 3 is 2.75 bits per heavy atom. The zero-order valence-corrected chi connectivity index (χ0v) is 10.9. The Balaban J connectivity index is 2.42. The van der Waals surface area contributed by atoms with Gasteiger partial charge in [-0.15, -0.1) is 0 Å². The molecule has 6 nitrogen and oxygen atoms in total. The minimum absolute atomic E-state index is 0.152. The summed E-state index contributed by atoms with van der Waals surface area (Å²) >= 11 is 0. The summed E-state index contributed by atoms with van der Waals surface area (Å²) in [4.78, 5) is 3.50. The third kappa shape index (κ3) is 2.67. The summed E-state index contributed by atoms with van der Waals surface area (Å²) < 4.78 is 39.7. The number of sulfonamides is 1. The molecule has 0 aliphatic heterocycles. The van der Waals surface area contributed by atoms with Crippen LogP contribution in [0.1, 0.15) is 5.56 Å². The normalized spacial score (nSPS) is 10.8. The summed E-state index contributed by atoms with van der Waals surface area (Å²) in [5.74, 6) is -0.783. The van der Waals surface area contributed by atoms with Crippen LogP contribution >= 0.6 is 0 Å². The lowest BCUT2D eigenvalue weighted by Gasteiger charge is -2.10. The molecule has 0 fully saturated rings. The van der Waals surface area contributed by atoms with Crippen LogP contribution in [0.3, 0.4) is 0 Å². The van der Waals surface area contributed by atoms with Gasteiger partial charge in [-0.2, -0.15) is 5.26 Å². The van der Waals surface area contributed by atoms with Crippen LogP contribution in [-0.2, 0) is 10.0 Å². The molecule has 0 bridgehead atoms. The number of aromatic nitrogens is 1. The van der Waals surface area contributed by atoms with E-state index in [-0.39, 0.29) is 21.8 Å². The highest BCUT2D eigenvalue weighted by atomic mass is 32.2. The Hall–Kier alpha value is -2.66. The van der Waals surface area contributed by atoms with Crippen molar-refractivity contribution in [2.45, 2.75) is 4.90 Å². The number of rotatable bonds is 3. The van der Waals surface area contributed by atoms with E-state index in [0.29, 0.717) is 0 Å². The number of nitrogens with two attached hydrogens (primary N) is 1. The molecule has 1 aromatic heterocycles. The molecular formula is C12H9FN4O2S. The predicted octanol–water partition coefficient (Wildman–Crippen LogP) is 1.48. The predicted molar refractivity (Wildman–Crippen MR) is 70.6 cm³/mol. The quantitative estimate of drug-likeness (QED) is 0.890. The van der Waals surface area contributed by atoms with Gasteiger partial charge in [0, 0.05) is 6.20 Å². The number of hydrogen-bond acceptors (Lipinski definition) is 5. The molecule has 0 radical (unpaired) electrons. The lowest BCUT2D eigenvalue weighted by molar-refractivity contribution is 0.599. The second-order valence-electron chi connectivity index (χ2n) is 3.82. The fourth-order valence-corrected chi connectivity index (χ4v) is 2.57. The summed E-state index contributed by atoms with van der Waals surface area (Å²) in [6.45, 7) is 0. The van der Waals surface area contributed by atoms with E-state index in [4.69, 9.17) is 11.0 Å². The standard InChI is InChI=1S/C12H9FN4O2S/c13-10-2-1-9(5-8(10)6-14)20(18,19)17-12-3-4-16-7-11(12)15/h1-5,7H,15H2,(H,16,17). The number of nitrogens with one attached hydrogen (secondary N) is 1. The van der Waals surface area contributed by atoms with E-state index in [0.717, 1.165) is 18.2 Å². The van der Waals surface area contributed by atoms with E-state index in [1.54, 1.807) is 6.07 Å². The van der Waals surface area contributed by atoms with Gasteiger partial charge in [0.05, 0.1) is 28.0 Å². The van der Waals surface area contributed by atoms with Crippen LogP contribution in [-0.4, -0.2) is 13.4 Å². The highest BCUT2D eigenvalue weighted by molar-refractivity contribution is 7.92. The number of nitrogen functional groups attached to an aromatic ring is 1. The Bertz CT molecular complexity index is 799. The minimum Gasteiger partial charge on any atom is -0.396 e. The highest BCUT2D eigenvalue weighted by Gasteiger charge is 2.17. The Morgan fingerprint density at radius 1 is 1.35 bits per heavy atom. The zero-order valence-electron chi connectivity index (χ0n) is 10.0. The second-order valence-corrected chi connectivity index (χ2v) is 5.50. The molecular weight excluding hydrogens is 283 g/mol. The molecule has 0 saturated carbocycles. The largest absolute Gasteiger partial charge is 0.396 e. The van der Waals surface area contributed by atoms with Crippen LogP contribution in [0, 0.1) is 17.1 Å². The number of nitrogens with zero attached hydrogens (tertiary/aromatic N) is 2. The molecule has 0 saturated heterocycles. The maximum atomic E-state index is 13.2. The molecule has 0 aliphatic carbocycles. The Kier molecular flexibility index (Phi) is 3.54. The summed E-state index contributed by atoms with van der Waals surface area (Å²) in [7, 11) is -3.96. The molecule has 1 aromatic carbocycles. The molecule has 0 spiro atoms. The molecule has 2 rings (SSSR count). The average Bonchev–Trinajstić information content (AvgIpc) is 2.41. The SMILES string of the molecule is N#Cc1cc(S(=O)(=O)Nc2ccncc2N)ccc1F. The number of benzene rings is 1. The average molecular weight is 292 g/mol. The van der Waals surface area contributed by atoms with Gasteiger partial charge >= 0.3 is 0 Å². The van der Waals surface area contributed by atoms with Crippen molar-refractivity contribution in [2.75, 3.05) is 10.5 Å². The summed E-state index contributed by atoms with van der Waals surface area (Å²) in [6, 6.07) is 5.91. The fourth-order valence-electron chi connectivity index (χ4n) is 1.46. The van der Waals surface area contributed by atoms with E-state index in [9.17, 15) is 12.8 Å². The summed E-state index contributed by atoms with van der Waals surface area (Å²) in [5.41, 5.74) is 5.54. The van der Waals surface area contributed by atoms with E-state index in [2.05, 4.69) is 9.71 Å². The number of hydrogen-bond donors (Lipinski definition) is 2. The smallest absolute Gasteiger partial charge is 0.262 e. The van der Waals surface area contributed by atoms with Crippen LogP contribution in [0.25, 0.3) is 0 Å². The van der Waals surface area contributed by atoms with Gasteiger partial charge in [0.25, 0.3) is 10.0 Å². The van der Waals surface area contributed by atoms with Crippen molar-refractivity contribution in [3.63, 3.8) is 0 Å². The molecule has 0 amide bonds. The molecule has 0 aliphatic rings. The zero-order chi connectivity index (χ0) is 14.8. The maximum Gasteiger partial charge on any atom is 0.262 e. The first-order valence-corrected chi connectivity index (χ1v) is 6.84. The van der Waals surface area contributed by atoms with Gasteiger partial charge in [-0.1, -0.05) is 0 Å². The van der Waals surface area contributed by atoms with Gasteiger partial charge in [-0.25, -0.2) is 12.8 Å². The van der Waals surface area contributed by atoms with Crippen molar-refractivity contribution < 1.29 is 12.8 Å². The monoisotopic (exact) mass is 292 g/mol. The molecule has 8 heteroatoms. The number of pyridine rings is 1. The Labute approximate surface area is 114 Å². The first-order valence-electron chi connectivity index (χ1n) is 5.36. The minimum atomic E-state index is -3.96. The fraction of sp³-hybridized carbons (Fsp3) is 0. The molecule has 20 heavy (non-hydrogen) atoms. The van der Waals surface area contributed by atoms with Crippen molar-refractivity contribution in [3.05, 3.63) is 48.0 Å². The summed E-state index contributed by atoms with van der Waals surface area (Å²) in [6.07, 6.45) is 2.67. The van der Waals surface area contributed by atoms with Crippen LogP contribution in [0.2, 0.25) is 0 Å². The van der Waals surface area contributed by atoms with Gasteiger partial charge in [0.15, 0.2) is 0 Å². The van der Waals surface area contributed by atoms with Gasteiger partial charge in [-0.3, -0.25) is 9.71 Å². The highest BCUT2D eigenvalue weighted by Crippen LogP contribution is 2.21. The molecule has 0 unspecified atom stereocenters. The van der Waals surface area contributed by atoms with Crippen LogP contribution < -0.4 is 10.5 Å². The molecule has 2 aromatic rings. The topological polar surface area (TPSA) is 109 Å². The van der Waals surface area contributed by atoms with Crippen LogP contribution in [0.5, 0.6) is 0 Å². The van der Waals surface area contributed by atoms with Gasteiger partial charge in [-0.05, 0) is 24.3 Å². The maximum absolute atomic E-state index is 13.2. The number of nitriles is 1. The van der Waals surface area contributed by atoms with Crippen LogP contribution in [0.4, 0.5) is 15.8 Å². The van der Waals surface area contributed by atoms with E-state index in [1.165, 1.54) is 18.5 Å². The molecule has 1 heterocycles. The van der Waals surface area contributed by atoms with Gasteiger partial charge in [0.2, 0.25) is 0 Å². The van der Waals surface area contributed by atoms with Gasteiger partial charge in [0.1, 0.15) is 11.9 Å².